The number of rotatable bonds is 5. The third-order valence-corrected chi connectivity index (χ3v) is 5.64. The molecule has 27 heavy (non-hydrogen) atoms. The first kappa shape index (κ1) is 19.3. The lowest BCUT2D eigenvalue weighted by Gasteiger charge is -2.08. The second-order valence-corrected chi connectivity index (χ2v) is 8.62. The topological polar surface area (TPSA) is 79.6 Å². The van der Waals surface area contributed by atoms with Crippen LogP contribution in [0.3, 0.4) is 0 Å². The molecule has 0 atom stereocenters. The van der Waals surface area contributed by atoms with Crippen LogP contribution in [0.1, 0.15) is 11.4 Å². The number of halogens is 1. The third kappa shape index (κ3) is 3.79. The Balaban J connectivity index is 2.29. The third-order valence-electron chi connectivity index (χ3n) is 4.53. The molecule has 7 heteroatoms. The molecule has 0 aliphatic rings. The van der Waals surface area contributed by atoms with Gasteiger partial charge >= 0.3 is 0 Å². The highest BCUT2D eigenvalue weighted by Crippen LogP contribution is 2.35. The number of sulfone groups is 1. The number of nitrogens with zero attached hydrogens (tertiary/aromatic N) is 2. The molecule has 0 spiro atoms. The first-order valence-electron chi connectivity index (χ1n) is 8.63. The van der Waals surface area contributed by atoms with Gasteiger partial charge in [0.15, 0.2) is 9.84 Å². The van der Waals surface area contributed by atoms with E-state index in [2.05, 4.69) is 10.7 Å². The number of allylic oxidation sites excluding steroid dienone is 1. The molecule has 3 aromatic rings. The highest BCUT2D eigenvalue weighted by molar-refractivity contribution is 7.90. The SMILES string of the molecule is Cc1ccc2c(n1)c(-c1cccc(S(C)(=O)=O)c1)c(C)n2CC(F)=CC[NH3+]. The van der Waals surface area contributed by atoms with Gasteiger partial charge in [-0.1, -0.05) is 12.1 Å². The number of quaternary nitrogens is 1. The van der Waals surface area contributed by atoms with Crippen LogP contribution >= 0.6 is 0 Å². The van der Waals surface area contributed by atoms with Crippen LogP contribution in [-0.4, -0.2) is 30.8 Å². The normalized spacial score (nSPS) is 12.7. The molecule has 0 saturated carbocycles. The first-order valence-corrected chi connectivity index (χ1v) is 10.5. The molecule has 0 amide bonds. The van der Waals surface area contributed by atoms with Gasteiger partial charge in [-0.25, -0.2) is 12.8 Å². The van der Waals surface area contributed by atoms with Crippen molar-refractivity contribution in [3.63, 3.8) is 0 Å². The first-order chi connectivity index (χ1) is 12.7. The maximum absolute atomic E-state index is 14.2. The lowest BCUT2D eigenvalue weighted by Crippen LogP contribution is -2.49. The fourth-order valence-electron chi connectivity index (χ4n) is 3.24. The van der Waals surface area contributed by atoms with Crippen LogP contribution in [0.2, 0.25) is 0 Å². The van der Waals surface area contributed by atoms with Crippen molar-refractivity contribution in [2.75, 3.05) is 12.8 Å². The minimum absolute atomic E-state index is 0.0916. The Labute approximate surface area is 158 Å². The average Bonchev–Trinajstić information content (AvgIpc) is 2.86. The summed E-state index contributed by atoms with van der Waals surface area (Å²) in [5, 5.41) is 0. The Morgan fingerprint density at radius 3 is 2.67 bits per heavy atom. The molecular formula is C20H23FN3O2S+. The zero-order valence-electron chi connectivity index (χ0n) is 15.7. The van der Waals surface area contributed by atoms with Gasteiger partial charge in [-0.05, 0) is 43.7 Å². The number of pyridine rings is 1. The van der Waals surface area contributed by atoms with Crippen LogP contribution in [-0.2, 0) is 16.4 Å². The van der Waals surface area contributed by atoms with Crippen molar-refractivity contribution in [3.05, 3.63) is 59.7 Å². The molecule has 0 fully saturated rings. The molecule has 0 aliphatic carbocycles. The molecule has 0 bridgehead atoms. The van der Waals surface area contributed by atoms with Gasteiger partial charge in [-0.2, -0.15) is 0 Å². The fourth-order valence-corrected chi connectivity index (χ4v) is 3.91. The standard InChI is InChI=1S/C20H22FN3O2S/c1-13-7-8-18-20(23-13)19(14(2)24(18)12-16(21)9-10-22)15-5-4-6-17(11-15)27(3,25)26/h4-9,11H,10,12,22H2,1-3H3/p+1. The van der Waals surface area contributed by atoms with Crippen molar-refractivity contribution >= 4 is 20.9 Å². The van der Waals surface area contributed by atoms with Crippen molar-refractivity contribution in [1.29, 1.82) is 0 Å². The van der Waals surface area contributed by atoms with Crippen LogP contribution < -0.4 is 5.73 Å². The van der Waals surface area contributed by atoms with E-state index in [0.29, 0.717) is 6.54 Å². The van der Waals surface area contributed by atoms with Crippen molar-refractivity contribution in [1.82, 2.24) is 9.55 Å². The van der Waals surface area contributed by atoms with Gasteiger partial charge in [0.25, 0.3) is 0 Å². The lowest BCUT2D eigenvalue weighted by atomic mass is 10.1. The van der Waals surface area contributed by atoms with Crippen molar-refractivity contribution < 1.29 is 18.5 Å². The van der Waals surface area contributed by atoms with Gasteiger partial charge < -0.3 is 10.3 Å². The van der Waals surface area contributed by atoms with Crippen molar-refractivity contribution in [2.24, 2.45) is 0 Å². The smallest absolute Gasteiger partial charge is 0.175 e. The number of aryl methyl sites for hydroxylation is 1. The van der Waals surface area contributed by atoms with Gasteiger partial charge in [-0.15, -0.1) is 0 Å². The van der Waals surface area contributed by atoms with E-state index < -0.39 is 9.84 Å². The van der Waals surface area contributed by atoms with Crippen molar-refractivity contribution in [2.45, 2.75) is 25.3 Å². The van der Waals surface area contributed by atoms with E-state index in [1.807, 2.05) is 36.6 Å². The number of hydrogen-bond acceptors (Lipinski definition) is 3. The maximum atomic E-state index is 14.2. The summed E-state index contributed by atoms with van der Waals surface area (Å²) in [6.07, 6.45) is 2.64. The van der Waals surface area contributed by atoms with Crippen molar-refractivity contribution in [3.8, 4) is 11.1 Å². The molecule has 0 aliphatic heterocycles. The summed E-state index contributed by atoms with van der Waals surface area (Å²) >= 11 is 0. The molecule has 0 saturated heterocycles. The minimum Gasteiger partial charge on any atom is -0.354 e. The number of fused-ring (bicyclic) bond motifs is 1. The molecule has 2 aromatic heterocycles. The van der Waals surface area contributed by atoms with E-state index in [9.17, 15) is 12.8 Å². The van der Waals surface area contributed by atoms with Crippen LogP contribution in [0.15, 0.2) is 53.2 Å². The van der Waals surface area contributed by atoms with Gasteiger partial charge in [0, 0.05) is 29.3 Å². The molecular weight excluding hydrogens is 365 g/mol. The van der Waals surface area contributed by atoms with Gasteiger partial charge in [0.05, 0.1) is 29.0 Å². The highest BCUT2D eigenvalue weighted by Gasteiger charge is 2.19. The molecule has 142 valence electrons. The van der Waals surface area contributed by atoms with Crippen LogP contribution in [0, 0.1) is 13.8 Å². The fraction of sp³-hybridized carbons (Fsp3) is 0.250. The summed E-state index contributed by atoms with van der Waals surface area (Å²) in [4.78, 5) is 4.90. The molecule has 0 radical (unpaired) electrons. The van der Waals surface area contributed by atoms with Crippen LogP contribution in [0.25, 0.3) is 22.2 Å². The lowest BCUT2D eigenvalue weighted by molar-refractivity contribution is -0.353. The van der Waals surface area contributed by atoms with E-state index in [1.165, 1.54) is 12.3 Å². The monoisotopic (exact) mass is 388 g/mol. The van der Waals surface area contributed by atoms with Crippen LogP contribution in [0.5, 0.6) is 0 Å². The molecule has 5 nitrogen and oxygen atoms in total. The summed E-state index contributed by atoms with van der Waals surface area (Å²) in [5.41, 5.74) is 8.45. The summed E-state index contributed by atoms with van der Waals surface area (Å²) in [5.74, 6) is -0.262. The zero-order chi connectivity index (χ0) is 19.8. The molecule has 2 heterocycles. The van der Waals surface area contributed by atoms with E-state index in [1.54, 1.807) is 18.2 Å². The molecule has 3 rings (SSSR count). The van der Waals surface area contributed by atoms with Gasteiger partial charge in [0.1, 0.15) is 5.83 Å². The molecule has 1 aromatic carbocycles. The molecule has 3 N–H and O–H groups in total. The van der Waals surface area contributed by atoms with E-state index >= 15 is 0 Å². The summed E-state index contributed by atoms with van der Waals surface area (Å²) in [7, 11) is -3.33. The predicted octanol–water partition coefficient (Wildman–Crippen LogP) is 2.82. The van der Waals surface area contributed by atoms with E-state index in [-0.39, 0.29) is 17.3 Å². The van der Waals surface area contributed by atoms with E-state index in [0.717, 1.165) is 33.5 Å². The summed E-state index contributed by atoms with van der Waals surface area (Å²) in [6.45, 7) is 4.27. The largest absolute Gasteiger partial charge is 0.354 e. The second-order valence-electron chi connectivity index (χ2n) is 6.61. The Bertz CT molecular complexity index is 1150. The minimum atomic E-state index is -3.33. The second kappa shape index (κ2) is 7.25. The zero-order valence-corrected chi connectivity index (χ0v) is 16.5. The average molecular weight is 388 g/mol. The van der Waals surface area contributed by atoms with Gasteiger partial charge in [-0.3, -0.25) is 4.98 Å². The highest BCUT2D eigenvalue weighted by atomic mass is 32.2. The molecule has 0 unspecified atom stereocenters. The Hall–Kier alpha value is -2.51. The Morgan fingerprint density at radius 2 is 2.00 bits per heavy atom. The Morgan fingerprint density at radius 1 is 1.26 bits per heavy atom. The summed E-state index contributed by atoms with van der Waals surface area (Å²) in [6, 6.07) is 10.6. The quantitative estimate of drug-likeness (QED) is 0.730. The number of aromatic nitrogens is 2. The maximum Gasteiger partial charge on any atom is 0.175 e. The Kier molecular flexibility index (Phi) is 5.17. The van der Waals surface area contributed by atoms with E-state index in [4.69, 9.17) is 0 Å². The van der Waals surface area contributed by atoms with Crippen LogP contribution in [0.4, 0.5) is 4.39 Å². The van der Waals surface area contributed by atoms with Gasteiger partial charge in [0.2, 0.25) is 0 Å². The summed E-state index contributed by atoms with van der Waals surface area (Å²) < 4.78 is 40.0. The number of hydrogen-bond donors (Lipinski definition) is 1. The number of benzene rings is 1. The predicted molar refractivity (Wildman–Crippen MR) is 105 cm³/mol.